The van der Waals surface area contributed by atoms with Crippen molar-refractivity contribution in [2.24, 2.45) is 13.0 Å². The SMILES string of the molecule is COC(=O)c1c(-c2ccc(C)cc2)csc1NC(=O)CSc1nnc(-c2ccc(OCC(C)C)cc2)n1C. The molecule has 0 aliphatic heterocycles. The molecule has 2 aromatic carbocycles. The number of benzene rings is 2. The number of rotatable bonds is 10. The van der Waals surface area contributed by atoms with Crippen molar-refractivity contribution in [3.8, 4) is 28.3 Å². The molecule has 2 aromatic heterocycles. The molecule has 0 atom stereocenters. The molecular formula is C28H30N4O4S2. The summed E-state index contributed by atoms with van der Waals surface area (Å²) in [6, 6.07) is 15.6. The Morgan fingerprint density at radius 3 is 2.39 bits per heavy atom. The van der Waals surface area contributed by atoms with Crippen molar-refractivity contribution in [1.29, 1.82) is 0 Å². The molecule has 4 aromatic rings. The zero-order valence-corrected chi connectivity index (χ0v) is 23.6. The van der Waals surface area contributed by atoms with E-state index in [2.05, 4.69) is 29.4 Å². The summed E-state index contributed by atoms with van der Waals surface area (Å²) in [6.45, 7) is 6.87. The Morgan fingerprint density at radius 1 is 1.05 bits per heavy atom. The van der Waals surface area contributed by atoms with Gasteiger partial charge < -0.3 is 19.4 Å². The van der Waals surface area contributed by atoms with Crippen molar-refractivity contribution < 1.29 is 19.1 Å². The van der Waals surface area contributed by atoms with Crippen LogP contribution in [0.5, 0.6) is 5.75 Å². The second kappa shape index (κ2) is 12.3. The summed E-state index contributed by atoms with van der Waals surface area (Å²) in [7, 11) is 3.19. The van der Waals surface area contributed by atoms with Gasteiger partial charge in [-0.1, -0.05) is 55.4 Å². The van der Waals surface area contributed by atoms with E-state index in [1.807, 2.05) is 72.4 Å². The molecule has 1 N–H and O–H groups in total. The number of hydrogen-bond donors (Lipinski definition) is 1. The van der Waals surface area contributed by atoms with Gasteiger partial charge in [0, 0.05) is 23.6 Å². The van der Waals surface area contributed by atoms with E-state index in [0.29, 0.717) is 34.1 Å². The maximum absolute atomic E-state index is 12.8. The number of aryl methyl sites for hydroxylation is 1. The highest BCUT2D eigenvalue weighted by Gasteiger charge is 2.23. The van der Waals surface area contributed by atoms with Gasteiger partial charge in [0.2, 0.25) is 5.91 Å². The lowest BCUT2D eigenvalue weighted by molar-refractivity contribution is -0.113. The quantitative estimate of drug-likeness (QED) is 0.189. The van der Waals surface area contributed by atoms with Gasteiger partial charge >= 0.3 is 5.97 Å². The van der Waals surface area contributed by atoms with Gasteiger partial charge in [0.25, 0.3) is 0 Å². The van der Waals surface area contributed by atoms with Crippen LogP contribution < -0.4 is 10.1 Å². The average Bonchev–Trinajstić information content (AvgIpc) is 3.49. The average molecular weight is 551 g/mol. The minimum Gasteiger partial charge on any atom is -0.493 e. The largest absolute Gasteiger partial charge is 0.493 e. The van der Waals surface area contributed by atoms with E-state index in [9.17, 15) is 9.59 Å². The second-order valence-electron chi connectivity index (χ2n) is 9.14. The maximum Gasteiger partial charge on any atom is 0.341 e. The molecule has 0 fully saturated rings. The Labute approximate surface area is 230 Å². The Kier molecular flexibility index (Phi) is 8.85. The number of thiophene rings is 1. The lowest BCUT2D eigenvalue weighted by Crippen LogP contribution is -2.16. The fourth-order valence-corrected chi connectivity index (χ4v) is 5.33. The van der Waals surface area contributed by atoms with Crippen LogP contribution in [0.3, 0.4) is 0 Å². The molecule has 0 aliphatic carbocycles. The monoisotopic (exact) mass is 550 g/mol. The van der Waals surface area contributed by atoms with E-state index in [0.717, 1.165) is 28.0 Å². The van der Waals surface area contributed by atoms with Crippen LogP contribution in [0.2, 0.25) is 0 Å². The fourth-order valence-electron chi connectivity index (χ4n) is 3.65. The molecule has 8 nitrogen and oxygen atoms in total. The van der Waals surface area contributed by atoms with E-state index < -0.39 is 5.97 Å². The van der Waals surface area contributed by atoms with Gasteiger partial charge in [-0.2, -0.15) is 0 Å². The molecule has 1 amide bonds. The molecule has 0 unspecified atom stereocenters. The lowest BCUT2D eigenvalue weighted by Gasteiger charge is -2.09. The Morgan fingerprint density at radius 2 is 1.74 bits per heavy atom. The normalized spacial score (nSPS) is 11.0. The molecule has 2 heterocycles. The van der Waals surface area contributed by atoms with E-state index in [4.69, 9.17) is 9.47 Å². The molecule has 4 rings (SSSR count). The number of esters is 1. The minimum absolute atomic E-state index is 0.104. The van der Waals surface area contributed by atoms with Crippen molar-refractivity contribution >= 4 is 40.0 Å². The first-order valence-corrected chi connectivity index (χ1v) is 14.0. The molecule has 0 radical (unpaired) electrons. The third-order valence-electron chi connectivity index (χ3n) is 5.66. The van der Waals surface area contributed by atoms with Crippen LogP contribution in [-0.2, 0) is 16.6 Å². The number of anilines is 1. The number of nitrogens with zero attached hydrogens (tertiary/aromatic N) is 3. The number of ether oxygens (including phenoxy) is 2. The topological polar surface area (TPSA) is 95.3 Å². The number of thioether (sulfide) groups is 1. The Hall–Kier alpha value is -3.63. The maximum atomic E-state index is 12.8. The van der Waals surface area contributed by atoms with Crippen molar-refractivity contribution in [2.75, 3.05) is 24.8 Å². The molecule has 0 aliphatic rings. The van der Waals surface area contributed by atoms with Gasteiger partial charge in [-0.15, -0.1) is 21.5 Å². The van der Waals surface area contributed by atoms with Gasteiger partial charge in [-0.3, -0.25) is 4.79 Å². The summed E-state index contributed by atoms with van der Waals surface area (Å²) in [5.74, 6) is 1.30. The fraction of sp³-hybridized carbons (Fsp3) is 0.286. The molecule has 38 heavy (non-hydrogen) atoms. The van der Waals surface area contributed by atoms with Crippen molar-refractivity contribution in [3.05, 3.63) is 65.0 Å². The van der Waals surface area contributed by atoms with Crippen molar-refractivity contribution in [2.45, 2.75) is 25.9 Å². The summed E-state index contributed by atoms with van der Waals surface area (Å²) in [5.41, 5.74) is 3.98. The first-order chi connectivity index (χ1) is 18.3. The third kappa shape index (κ3) is 6.43. The van der Waals surface area contributed by atoms with E-state index in [-0.39, 0.29) is 11.7 Å². The highest BCUT2D eigenvalue weighted by molar-refractivity contribution is 7.99. The highest BCUT2D eigenvalue weighted by atomic mass is 32.2. The second-order valence-corrected chi connectivity index (χ2v) is 11.0. The molecule has 0 saturated heterocycles. The van der Waals surface area contributed by atoms with Crippen LogP contribution in [-0.4, -0.2) is 46.1 Å². The van der Waals surface area contributed by atoms with Crippen LogP contribution in [0.15, 0.2) is 59.1 Å². The van der Waals surface area contributed by atoms with E-state index in [1.165, 1.54) is 30.2 Å². The minimum atomic E-state index is -0.497. The van der Waals surface area contributed by atoms with Crippen molar-refractivity contribution in [3.63, 3.8) is 0 Å². The van der Waals surface area contributed by atoms with Gasteiger partial charge in [0.15, 0.2) is 11.0 Å². The molecule has 10 heteroatoms. The van der Waals surface area contributed by atoms with Crippen LogP contribution in [0.1, 0.15) is 29.8 Å². The van der Waals surface area contributed by atoms with Crippen LogP contribution in [0.4, 0.5) is 5.00 Å². The number of hydrogen-bond acceptors (Lipinski definition) is 8. The first-order valence-electron chi connectivity index (χ1n) is 12.1. The van der Waals surface area contributed by atoms with E-state index in [1.54, 1.807) is 0 Å². The van der Waals surface area contributed by atoms with E-state index >= 15 is 0 Å². The molecule has 198 valence electrons. The van der Waals surface area contributed by atoms with Gasteiger partial charge in [-0.25, -0.2) is 4.79 Å². The van der Waals surface area contributed by atoms with Crippen LogP contribution in [0.25, 0.3) is 22.5 Å². The highest BCUT2D eigenvalue weighted by Crippen LogP contribution is 2.36. The molecule has 0 saturated carbocycles. The molecule has 0 bridgehead atoms. The number of aromatic nitrogens is 3. The summed E-state index contributed by atoms with van der Waals surface area (Å²) in [4.78, 5) is 25.4. The lowest BCUT2D eigenvalue weighted by atomic mass is 10.0. The predicted octanol–water partition coefficient (Wildman–Crippen LogP) is 6.07. The third-order valence-corrected chi connectivity index (χ3v) is 7.57. The van der Waals surface area contributed by atoms with Crippen LogP contribution >= 0.6 is 23.1 Å². The number of amides is 1. The van der Waals surface area contributed by atoms with Crippen LogP contribution in [0, 0.1) is 12.8 Å². The van der Waals surface area contributed by atoms with Gasteiger partial charge in [-0.05, 0) is 42.7 Å². The first kappa shape index (κ1) is 27.4. The predicted molar refractivity (Wildman–Crippen MR) is 152 cm³/mol. The van der Waals surface area contributed by atoms with Gasteiger partial charge in [0.1, 0.15) is 16.3 Å². The van der Waals surface area contributed by atoms with Crippen molar-refractivity contribution in [1.82, 2.24) is 14.8 Å². The smallest absolute Gasteiger partial charge is 0.341 e. The number of carbonyl (C=O) groups excluding carboxylic acids is 2. The Balaban J connectivity index is 1.42. The molecular weight excluding hydrogens is 520 g/mol. The zero-order chi connectivity index (χ0) is 27.2. The summed E-state index contributed by atoms with van der Waals surface area (Å²) < 4.78 is 12.6. The zero-order valence-electron chi connectivity index (χ0n) is 22.0. The van der Waals surface area contributed by atoms with Gasteiger partial charge in [0.05, 0.1) is 19.5 Å². The Bertz CT molecular complexity index is 1410. The molecule has 0 spiro atoms. The standard InChI is InChI=1S/C28H30N4O4S2/c1-17(2)14-36-21-12-10-20(11-13-21)25-30-31-28(32(25)4)38-16-23(33)29-26-24(27(34)35-5)22(15-37-26)19-8-6-18(3)7-9-19/h6-13,15,17H,14,16H2,1-5H3,(H,29,33). The number of carbonyl (C=O) groups is 2. The summed E-state index contributed by atoms with van der Waals surface area (Å²) >= 11 is 2.56. The number of nitrogens with one attached hydrogen (secondary N) is 1. The summed E-state index contributed by atoms with van der Waals surface area (Å²) in [5, 5.41) is 14.3. The summed E-state index contributed by atoms with van der Waals surface area (Å²) in [6.07, 6.45) is 0. The number of methoxy groups -OCH3 is 1.